The molecule has 8 nitrogen and oxygen atoms in total. The van der Waals surface area contributed by atoms with Crippen LogP contribution in [0.25, 0.3) is 0 Å². The van der Waals surface area contributed by atoms with Crippen LogP contribution in [0.1, 0.15) is 44.7 Å². The third kappa shape index (κ3) is 4.34. The van der Waals surface area contributed by atoms with Crippen LogP contribution in [0, 0.1) is 0 Å². The fraction of sp³-hybridized carbons (Fsp3) is 0.346. The van der Waals surface area contributed by atoms with Crippen LogP contribution in [0.2, 0.25) is 0 Å². The molecule has 0 aromatic heterocycles. The molecule has 2 aromatic carbocycles. The van der Waals surface area contributed by atoms with Crippen LogP contribution in [0.4, 0.5) is 0 Å². The maximum Gasteiger partial charge on any atom is 0.266 e. The zero-order valence-electron chi connectivity index (χ0n) is 18.9. The van der Waals surface area contributed by atoms with Gasteiger partial charge in [-0.3, -0.25) is 24.2 Å². The summed E-state index contributed by atoms with van der Waals surface area (Å²) in [6.07, 6.45) is 0.887. The maximum absolute atomic E-state index is 13.2. The summed E-state index contributed by atoms with van der Waals surface area (Å²) in [7, 11) is 0. The normalized spacial score (nSPS) is 20.9. The predicted octanol–water partition coefficient (Wildman–Crippen LogP) is 2.49. The molecule has 34 heavy (non-hydrogen) atoms. The van der Waals surface area contributed by atoms with Crippen molar-refractivity contribution in [2.45, 2.75) is 32.0 Å². The lowest BCUT2D eigenvalue weighted by molar-refractivity contribution is -0.125. The third-order valence-corrected chi connectivity index (χ3v) is 6.47. The van der Waals surface area contributed by atoms with Crippen molar-refractivity contribution in [3.05, 3.63) is 77.0 Å². The number of allylic oxidation sites excluding steroid dienone is 1. The van der Waals surface area contributed by atoms with Crippen LogP contribution >= 0.6 is 0 Å². The highest BCUT2D eigenvalue weighted by atomic mass is 16.5. The van der Waals surface area contributed by atoms with Gasteiger partial charge in [0.15, 0.2) is 0 Å². The molecule has 2 fully saturated rings. The number of rotatable bonds is 6. The summed E-state index contributed by atoms with van der Waals surface area (Å²) in [5.74, 6) is -1.00. The van der Waals surface area contributed by atoms with Gasteiger partial charge < -0.3 is 14.8 Å². The molecule has 3 aliphatic rings. The topological polar surface area (TPSA) is 88.2 Å². The van der Waals surface area contributed by atoms with Crippen LogP contribution in [-0.4, -0.2) is 59.9 Å². The Morgan fingerprint density at radius 3 is 2.47 bits per heavy atom. The van der Waals surface area contributed by atoms with E-state index in [1.54, 1.807) is 18.2 Å². The molecule has 176 valence electrons. The molecule has 0 radical (unpaired) electrons. The molecule has 1 atom stereocenters. The standard InChI is InChI=1S/C26H27N3O5/c1-17-5-10-21(24(30)27-17)29-25(31)20-3-2-4-22(23(20)26(29)32)34-16-19-8-6-18(7-9-19)15-28-11-13-33-14-12-28/h2-4,6-9,21H,1,5,10-16H2,(H,27,30). The van der Waals surface area contributed by atoms with E-state index in [0.717, 1.165) is 43.3 Å². The minimum atomic E-state index is -0.843. The van der Waals surface area contributed by atoms with Gasteiger partial charge in [0.1, 0.15) is 18.4 Å². The van der Waals surface area contributed by atoms with Crippen molar-refractivity contribution in [1.82, 2.24) is 15.1 Å². The van der Waals surface area contributed by atoms with Crippen LogP contribution in [0.15, 0.2) is 54.7 Å². The summed E-state index contributed by atoms with van der Waals surface area (Å²) < 4.78 is 11.4. The largest absolute Gasteiger partial charge is 0.488 e. The van der Waals surface area contributed by atoms with E-state index in [9.17, 15) is 14.4 Å². The average Bonchev–Trinajstić information content (AvgIpc) is 3.10. The smallest absolute Gasteiger partial charge is 0.266 e. The molecule has 8 heteroatoms. The van der Waals surface area contributed by atoms with E-state index >= 15 is 0 Å². The average molecular weight is 462 g/mol. The molecule has 1 unspecified atom stereocenters. The second-order valence-corrected chi connectivity index (χ2v) is 8.80. The maximum atomic E-state index is 13.2. The van der Waals surface area contributed by atoms with Gasteiger partial charge >= 0.3 is 0 Å². The third-order valence-electron chi connectivity index (χ3n) is 6.47. The highest BCUT2D eigenvalue weighted by Crippen LogP contribution is 2.34. The van der Waals surface area contributed by atoms with Gasteiger partial charge in [-0.05, 0) is 36.1 Å². The Morgan fingerprint density at radius 2 is 1.74 bits per heavy atom. The lowest BCUT2D eigenvalue weighted by Crippen LogP contribution is -2.51. The number of morpholine rings is 1. The fourth-order valence-corrected chi connectivity index (χ4v) is 4.60. The summed E-state index contributed by atoms with van der Waals surface area (Å²) in [5.41, 5.74) is 3.25. The predicted molar refractivity (Wildman–Crippen MR) is 124 cm³/mol. The number of nitrogens with zero attached hydrogens (tertiary/aromatic N) is 2. The monoisotopic (exact) mass is 461 g/mol. The first-order valence-corrected chi connectivity index (χ1v) is 11.5. The van der Waals surface area contributed by atoms with E-state index in [1.165, 1.54) is 5.56 Å². The summed E-state index contributed by atoms with van der Waals surface area (Å²) in [4.78, 5) is 42.0. The zero-order valence-corrected chi connectivity index (χ0v) is 18.9. The molecule has 1 N–H and O–H groups in total. The number of hydrogen-bond donors (Lipinski definition) is 1. The number of amides is 3. The van der Waals surface area contributed by atoms with Gasteiger partial charge in [0, 0.05) is 25.3 Å². The number of piperidine rings is 1. The van der Waals surface area contributed by atoms with Crippen LogP contribution in [0.3, 0.4) is 0 Å². The van der Waals surface area contributed by atoms with E-state index in [0.29, 0.717) is 24.3 Å². The minimum Gasteiger partial charge on any atom is -0.488 e. The lowest BCUT2D eigenvalue weighted by atomic mass is 10.0. The van der Waals surface area contributed by atoms with Crippen molar-refractivity contribution < 1.29 is 23.9 Å². The quantitative estimate of drug-likeness (QED) is 0.665. The number of benzene rings is 2. The van der Waals surface area contributed by atoms with Gasteiger partial charge in [-0.2, -0.15) is 0 Å². The summed E-state index contributed by atoms with van der Waals surface area (Å²) >= 11 is 0. The van der Waals surface area contributed by atoms with Crippen molar-refractivity contribution >= 4 is 17.7 Å². The van der Waals surface area contributed by atoms with Gasteiger partial charge in [-0.1, -0.05) is 36.9 Å². The molecule has 2 saturated heterocycles. The van der Waals surface area contributed by atoms with Gasteiger partial charge in [-0.25, -0.2) is 0 Å². The van der Waals surface area contributed by atoms with Crippen molar-refractivity contribution in [3.8, 4) is 5.75 Å². The van der Waals surface area contributed by atoms with Gasteiger partial charge in [0.2, 0.25) is 5.91 Å². The molecule has 3 amide bonds. The van der Waals surface area contributed by atoms with Crippen molar-refractivity contribution in [2.24, 2.45) is 0 Å². The van der Waals surface area contributed by atoms with E-state index in [4.69, 9.17) is 9.47 Å². The van der Waals surface area contributed by atoms with Crippen LogP contribution in [0.5, 0.6) is 5.75 Å². The molecule has 0 aliphatic carbocycles. The Bertz CT molecular complexity index is 1140. The van der Waals surface area contributed by atoms with E-state index in [-0.39, 0.29) is 23.6 Å². The van der Waals surface area contributed by atoms with Crippen molar-refractivity contribution in [1.29, 1.82) is 0 Å². The Kier molecular flexibility index (Phi) is 6.17. The SMILES string of the molecule is C=C1CCC(N2C(=O)c3cccc(OCc4ccc(CN5CCOCC5)cc4)c3C2=O)C(=O)N1. The number of imide groups is 1. The van der Waals surface area contributed by atoms with Crippen molar-refractivity contribution in [2.75, 3.05) is 26.3 Å². The number of carbonyl (C=O) groups is 3. The molecule has 0 bridgehead atoms. The molecule has 3 aliphatic heterocycles. The number of nitrogens with one attached hydrogen (secondary N) is 1. The lowest BCUT2D eigenvalue weighted by Gasteiger charge is -2.29. The first-order valence-electron chi connectivity index (χ1n) is 11.5. The first-order chi connectivity index (χ1) is 16.5. The molecule has 0 saturated carbocycles. The van der Waals surface area contributed by atoms with E-state index in [2.05, 4.69) is 28.9 Å². The summed E-state index contributed by atoms with van der Waals surface area (Å²) in [6.45, 7) is 8.31. The fourth-order valence-electron chi connectivity index (χ4n) is 4.60. The number of carbonyl (C=O) groups excluding carboxylic acids is 3. The Morgan fingerprint density at radius 1 is 1.00 bits per heavy atom. The molecular weight excluding hydrogens is 434 g/mol. The highest BCUT2D eigenvalue weighted by Gasteiger charge is 2.45. The van der Waals surface area contributed by atoms with Crippen LogP contribution in [-0.2, 0) is 22.7 Å². The molecule has 2 aromatic rings. The summed E-state index contributed by atoms with van der Waals surface area (Å²) in [6, 6.07) is 12.3. The Labute approximate surface area is 198 Å². The molecular formula is C26H27N3O5. The van der Waals surface area contributed by atoms with Crippen molar-refractivity contribution in [3.63, 3.8) is 0 Å². The van der Waals surface area contributed by atoms with Gasteiger partial charge in [0.25, 0.3) is 11.8 Å². The minimum absolute atomic E-state index is 0.216. The molecule has 3 heterocycles. The summed E-state index contributed by atoms with van der Waals surface area (Å²) in [5, 5.41) is 2.65. The molecule has 5 rings (SSSR count). The second-order valence-electron chi connectivity index (χ2n) is 8.80. The zero-order chi connectivity index (χ0) is 23.7. The second kappa shape index (κ2) is 9.40. The van der Waals surface area contributed by atoms with Gasteiger partial charge in [-0.15, -0.1) is 0 Å². The Hall–Kier alpha value is -3.49. The van der Waals surface area contributed by atoms with E-state index in [1.807, 2.05) is 12.1 Å². The van der Waals surface area contributed by atoms with E-state index < -0.39 is 17.9 Å². The first kappa shape index (κ1) is 22.3. The molecule has 0 spiro atoms. The number of fused-ring (bicyclic) bond motifs is 1. The number of ether oxygens (including phenoxy) is 2. The van der Waals surface area contributed by atoms with Gasteiger partial charge in [0.05, 0.1) is 24.3 Å². The van der Waals surface area contributed by atoms with Crippen LogP contribution < -0.4 is 10.1 Å². The number of hydrogen-bond acceptors (Lipinski definition) is 6. The Balaban J connectivity index is 1.27. The highest BCUT2D eigenvalue weighted by molar-refractivity contribution is 6.24.